The van der Waals surface area contributed by atoms with Gasteiger partial charge >= 0.3 is 0 Å². The normalized spacial score (nSPS) is 11.4. The zero-order valence-corrected chi connectivity index (χ0v) is 15.5. The molecule has 0 saturated heterocycles. The van der Waals surface area contributed by atoms with Gasteiger partial charge in [-0.2, -0.15) is 0 Å². The highest BCUT2D eigenvalue weighted by Gasteiger charge is 2.08. The van der Waals surface area contributed by atoms with E-state index in [4.69, 9.17) is 0 Å². The largest absolute Gasteiger partial charge is 0.357 e. The fourth-order valence-corrected chi connectivity index (χ4v) is 2.67. The molecule has 0 aliphatic carbocycles. The quantitative estimate of drug-likeness (QED) is 0.520. The summed E-state index contributed by atoms with van der Waals surface area (Å²) in [5.41, 5.74) is 2.20. The van der Waals surface area contributed by atoms with Gasteiger partial charge in [0.2, 0.25) is 0 Å². The Morgan fingerprint density at radius 3 is 2.70 bits per heavy atom. The highest BCUT2D eigenvalue weighted by Crippen LogP contribution is 2.17. The summed E-state index contributed by atoms with van der Waals surface area (Å²) in [6, 6.07) is 10.9. The summed E-state index contributed by atoms with van der Waals surface area (Å²) in [6.07, 6.45) is 5.16. The molecular weight excluding hydrogens is 343 g/mol. The van der Waals surface area contributed by atoms with E-state index >= 15 is 0 Å². The summed E-state index contributed by atoms with van der Waals surface area (Å²) in [5, 5.41) is 6.42. The van der Waals surface area contributed by atoms with E-state index in [1.165, 1.54) is 6.07 Å². The number of rotatable bonds is 6. The van der Waals surface area contributed by atoms with Gasteiger partial charge in [-0.3, -0.25) is 4.98 Å². The number of guanidine groups is 1. The Labute approximate surface area is 158 Å². The number of aromatic nitrogens is 3. The predicted octanol–water partition coefficient (Wildman–Crippen LogP) is 2.97. The number of aliphatic imine (C=N–C) groups is 1. The molecule has 0 aliphatic rings. The first kappa shape index (κ1) is 18.6. The van der Waals surface area contributed by atoms with Crippen molar-refractivity contribution in [3.63, 3.8) is 0 Å². The average molecular weight is 366 g/mol. The number of aryl methyl sites for hydroxylation is 1. The van der Waals surface area contributed by atoms with E-state index < -0.39 is 0 Å². The minimum atomic E-state index is -0.296. The first-order valence-corrected chi connectivity index (χ1v) is 8.88. The number of benzene rings is 1. The molecule has 2 heterocycles. The SMILES string of the molecule is CCNC(=NCc1ccc(-n2ccnc2C)c(F)c1)NCc1ccccn1. The molecule has 6 nitrogen and oxygen atoms in total. The number of pyridine rings is 1. The van der Waals surface area contributed by atoms with Crippen LogP contribution in [0.15, 0.2) is 60.0 Å². The van der Waals surface area contributed by atoms with Gasteiger partial charge in [0.1, 0.15) is 11.6 Å². The van der Waals surface area contributed by atoms with Crippen LogP contribution in [0.5, 0.6) is 0 Å². The van der Waals surface area contributed by atoms with Crippen molar-refractivity contribution in [2.75, 3.05) is 6.54 Å². The molecule has 1 aromatic carbocycles. The zero-order valence-electron chi connectivity index (χ0n) is 15.5. The van der Waals surface area contributed by atoms with Crippen molar-refractivity contribution < 1.29 is 4.39 Å². The fraction of sp³-hybridized carbons (Fsp3) is 0.250. The second-order valence-electron chi connectivity index (χ2n) is 6.00. The van der Waals surface area contributed by atoms with E-state index in [2.05, 4.69) is 25.6 Å². The van der Waals surface area contributed by atoms with Gasteiger partial charge in [-0.1, -0.05) is 12.1 Å². The Morgan fingerprint density at radius 1 is 1.15 bits per heavy atom. The standard InChI is InChI=1S/C20H23FN6/c1-3-22-20(26-14-17-6-4-5-9-24-17)25-13-16-7-8-19(18(21)12-16)27-11-10-23-15(27)2/h4-12H,3,13-14H2,1-2H3,(H2,22,25,26). The van der Waals surface area contributed by atoms with Crippen LogP contribution >= 0.6 is 0 Å². The molecule has 0 aliphatic heterocycles. The molecule has 2 aromatic heterocycles. The number of hydrogen-bond acceptors (Lipinski definition) is 3. The predicted molar refractivity (Wildman–Crippen MR) is 104 cm³/mol. The van der Waals surface area contributed by atoms with Gasteiger partial charge in [-0.25, -0.2) is 14.4 Å². The lowest BCUT2D eigenvalue weighted by Gasteiger charge is -2.11. The third-order valence-electron chi connectivity index (χ3n) is 4.02. The fourth-order valence-electron chi connectivity index (χ4n) is 2.67. The average Bonchev–Trinajstić information content (AvgIpc) is 3.10. The third-order valence-corrected chi connectivity index (χ3v) is 4.02. The highest BCUT2D eigenvalue weighted by atomic mass is 19.1. The van der Waals surface area contributed by atoms with E-state index in [-0.39, 0.29) is 5.82 Å². The Morgan fingerprint density at radius 2 is 2.04 bits per heavy atom. The maximum Gasteiger partial charge on any atom is 0.191 e. The molecule has 7 heteroatoms. The first-order valence-electron chi connectivity index (χ1n) is 8.88. The molecule has 0 radical (unpaired) electrons. The minimum Gasteiger partial charge on any atom is -0.357 e. The van der Waals surface area contributed by atoms with Crippen LogP contribution in [0.1, 0.15) is 24.0 Å². The molecule has 0 atom stereocenters. The summed E-state index contributed by atoms with van der Waals surface area (Å²) < 4.78 is 16.2. The van der Waals surface area contributed by atoms with Gasteiger partial charge in [-0.15, -0.1) is 0 Å². The zero-order chi connectivity index (χ0) is 19.1. The molecular formula is C20H23FN6. The Bertz CT molecular complexity index is 904. The molecule has 140 valence electrons. The lowest BCUT2D eigenvalue weighted by molar-refractivity contribution is 0.614. The van der Waals surface area contributed by atoms with E-state index in [9.17, 15) is 4.39 Å². The molecule has 0 bridgehead atoms. The minimum absolute atomic E-state index is 0.296. The van der Waals surface area contributed by atoms with E-state index in [0.29, 0.717) is 24.7 Å². The molecule has 3 rings (SSSR count). The van der Waals surface area contributed by atoms with Crippen LogP contribution < -0.4 is 10.6 Å². The lowest BCUT2D eigenvalue weighted by atomic mass is 10.2. The van der Waals surface area contributed by atoms with Crippen molar-refractivity contribution in [3.05, 3.63) is 77.9 Å². The molecule has 2 N–H and O–H groups in total. The Kier molecular flexibility index (Phi) is 6.14. The van der Waals surface area contributed by atoms with Gasteiger partial charge in [0.15, 0.2) is 5.96 Å². The van der Waals surface area contributed by atoms with Crippen molar-refractivity contribution >= 4 is 5.96 Å². The summed E-state index contributed by atoms with van der Waals surface area (Å²) in [6.45, 7) is 5.52. The second-order valence-corrected chi connectivity index (χ2v) is 6.00. The van der Waals surface area contributed by atoms with Crippen molar-refractivity contribution in [1.82, 2.24) is 25.2 Å². The molecule has 0 fully saturated rings. The van der Waals surface area contributed by atoms with Gasteiger partial charge < -0.3 is 15.2 Å². The summed E-state index contributed by atoms with van der Waals surface area (Å²) in [4.78, 5) is 12.9. The van der Waals surface area contributed by atoms with Crippen LogP contribution in [0.4, 0.5) is 4.39 Å². The van der Waals surface area contributed by atoms with Crippen LogP contribution in [0.2, 0.25) is 0 Å². The number of nitrogens with zero attached hydrogens (tertiary/aromatic N) is 4. The van der Waals surface area contributed by atoms with Crippen LogP contribution in [-0.2, 0) is 13.1 Å². The molecule has 0 unspecified atom stereocenters. The number of nitrogens with one attached hydrogen (secondary N) is 2. The van der Waals surface area contributed by atoms with E-state index in [1.807, 2.05) is 38.1 Å². The number of halogens is 1. The summed E-state index contributed by atoms with van der Waals surface area (Å²) in [7, 11) is 0. The second kappa shape index (κ2) is 8.93. The molecule has 0 saturated carbocycles. The Hall–Kier alpha value is -3.22. The maximum atomic E-state index is 14.5. The van der Waals surface area contributed by atoms with Gasteiger partial charge in [0.05, 0.1) is 24.5 Å². The lowest BCUT2D eigenvalue weighted by Crippen LogP contribution is -2.37. The Balaban J connectivity index is 1.68. The van der Waals surface area contributed by atoms with Crippen LogP contribution in [0.3, 0.4) is 0 Å². The van der Waals surface area contributed by atoms with E-state index in [1.54, 1.807) is 29.2 Å². The smallest absolute Gasteiger partial charge is 0.191 e. The topological polar surface area (TPSA) is 67.1 Å². The van der Waals surface area contributed by atoms with Gasteiger partial charge in [-0.05, 0) is 43.7 Å². The summed E-state index contributed by atoms with van der Waals surface area (Å²) >= 11 is 0. The maximum absolute atomic E-state index is 14.5. The first-order chi connectivity index (χ1) is 13.2. The third kappa shape index (κ3) is 4.91. The van der Waals surface area contributed by atoms with Crippen LogP contribution in [0, 0.1) is 12.7 Å². The number of hydrogen-bond donors (Lipinski definition) is 2. The van der Waals surface area contributed by atoms with Crippen LogP contribution in [0.25, 0.3) is 5.69 Å². The molecule has 0 spiro atoms. The highest BCUT2D eigenvalue weighted by molar-refractivity contribution is 5.79. The monoisotopic (exact) mass is 366 g/mol. The van der Waals surface area contributed by atoms with Crippen molar-refractivity contribution in [1.29, 1.82) is 0 Å². The van der Waals surface area contributed by atoms with Gasteiger partial charge in [0, 0.05) is 25.1 Å². The van der Waals surface area contributed by atoms with Gasteiger partial charge in [0.25, 0.3) is 0 Å². The molecule has 0 amide bonds. The summed E-state index contributed by atoms with van der Waals surface area (Å²) in [5.74, 6) is 1.11. The molecule has 3 aromatic rings. The van der Waals surface area contributed by atoms with E-state index in [0.717, 1.165) is 23.6 Å². The molecule has 27 heavy (non-hydrogen) atoms. The van der Waals surface area contributed by atoms with Crippen molar-refractivity contribution in [3.8, 4) is 5.69 Å². The van der Waals surface area contributed by atoms with Crippen LogP contribution in [-0.4, -0.2) is 27.0 Å². The number of imidazole rings is 1. The van der Waals surface area contributed by atoms with Crippen molar-refractivity contribution in [2.45, 2.75) is 26.9 Å². The van der Waals surface area contributed by atoms with Crippen molar-refractivity contribution in [2.24, 2.45) is 4.99 Å².